The molecule has 86 valence electrons. The number of anilines is 1. The van der Waals surface area contributed by atoms with Crippen LogP contribution in [0.4, 0.5) is 5.82 Å². The molecule has 0 saturated heterocycles. The largest absolute Gasteiger partial charge is 0.368 e. The molecule has 2 heterocycles. The number of hydrogen-bond acceptors (Lipinski definition) is 3. The molecule has 5 heteroatoms. The van der Waals surface area contributed by atoms with Gasteiger partial charge >= 0.3 is 0 Å². The minimum Gasteiger partial charge on any atom is -0.368 e. The lowest BCUT2D eigenvalue weighted by Crippen LogP contribution is -2.12. The smallest absolute Gasteiger partial charge is 0.160 e. The summed E-state index contributed by atoms with van der Waals surface area (Å²) in [6.45, 7) is 4.21. The van der Waals surface area contributed by atoms with Crippen LogP contribution in [0.3, 0.4) is 0 Å². The zero-order chi connectivity index (χ0) is 11.7. The van der Waals surface area contributed by atoms with E-state index in [1.807, 2.05) is 35.6 Å². The van der Waals surface area contributed by atoms with Crippen molar-refractivity contribution in [2.45, 2.75) is 19.9 Å². The van der Waals surface area contributed by atoms with E-state index in [1.165, 1.54) is 0 Å². The molecule has 0 saturated carbocycles. The molecular formula is C11H17N5. The standard InChI is InChI=1S/C11H17N5/c1-8(2)13-10-7-9(14-16(10)4)11-12-5-6-15(11)3/h5-8,13H,1-4H3. The molecule has 2 rings (SSSR count). The normalized spacial score (nSPS) is 11.1. The summed E-state index contributed by atoms with van der Waals surface area (Å²) in [5.41, 5.74) is 0.887. The van der Waals surface area contributed by atoms with E-state index in [1.54, 1.807) is 6.20 Å². The van der Waals surface area contributed by atoms with Crippen LogP contribution in [0, 0.1) is 0 Å². The third kappa shape index (κ3) is 1.93. The van der Waals surface area contributed by atoms with Crippen molar-refractivity contribution in [1.29, 1.82) is 0 Å². The molecule has 0 radical (unpaired) electrons. The number of aromatic nitrogens is 4. The summed E-state index contributed by atoms with van der Waals surface area (Å²) < 4.78 is 3.80. The SMILES string of the molecule is CC(C)Nc1cc(-c2nccn2C)nn1C. The second-order valence-corrected chi connectivity index (χ2v) is 4.20. The van der Waals surface area contributed by atoms with E-state index in [4.69, 9.17) is 0 Å². The number of hydrogen-bond donors (Lipinski definition) is 1. The highest BCUT2D eigenvalue weighted by molar-refractivity contribution is 5.56. The molecule has 1 N–H and O–H groups in total. The summed E-state index contributed by atoms with van der Waals surface area (Å²) in [5.74, 6) is 1.89. The van der Waals surface area contributed by atoms with Crippen LogP contribution < -0.4 is 5.32 Å². The van der Waals surface area contributed by atoms with E-state index in [0.717, 1.165) is 17.3 Å². The lowest BCUT2D eigenvalue weighted by Gasteiger charge is -2.08. The van der Waals surface area contributed by atoms with Crippen molar-refractivity contribution in [2.75, 3.05) is 5.32 Å². The van der Waals surface area contributed by atoms with Gasteiger partial charge in [-0.2, -0.15) is 5.10 Å². The Hall–Kier alpha value is -1.78. The molecule has 0 spiro atoms. The van der Waals surface area contributed by atoms with E-state index in [2.05, 4.69) is 29.2 Å². The highest BCUT2D eigenvalue weighted by atomic mass is 15.3. The molecule has 16 heavy (non-hydrogen) atoms. The monoisotopic (exact) mass is 219 g/mol. The lowest BCUT2D eigenvalue weighted by atomic mass is 10.3. The predicted molar refractivity (Wildman–Crippen MR) is 64.2 cm³/mol. The van der Waals surface area contributed by atoms with E-state index in [9.17, 15) is 0 Å². The van der Waals surface area contributed by atoms with Crippen LogP contribution in [0.25, 0.3) is 11.5 Å². The van der Waals surface area contributed by atoms with E-state index in [-0.39, 0.29) is 0 Å². The third-order valence-electron chi connectivity index (χ3n) is 2.37. The fraction of sp³-hybridized carbons (Fsp3) is 0.455. The molecular weight excluding hydrogens is 202 g/mol. The predicted octanol–water partition coefficient (Wildman–Crippen LogP) is 1.64. The molecule has 2 aromatic heterocycles. The van der Waals surface area contributed by atoms with Gasteiger partial charge in [-0.3, -0.25) is 4.68 Å². The molecule has 5 nitrogen and oxygen atoms in total. The van der Waals surface area contributed by atoms with Gasteiger partial charge in [0, 0.05) is 38.6 Å². The molecule has 0 bridgehead atoms. The summed E-state index contributed by atoms with van der Waals surface area (Å²) in [5, 5.41) is 7.78. The maximum atomic E-state index is 4.44. The van der Waals surface area contributed by atoms with E-state index >= 15 is 0 Å². The molecule has 0 aliphatic rings. The van der Waals surface area contributed by atoms with Gasteiger partial charge in [-0.25, -0.2) is 4.98 Å². The van der Waals surface area contributed by atoms with Crippen molar-refractivity contribution >= 4 is 5.82 Å². The van der Waals surface area contributed by atoms with Crippen molar-refractivity contribution in [3.8, 4) is 11.5 Å². The summed E-state index contributed by atoms with van der Waals surface area (Å²) >= 11 is 0. The van der Waals surface area contributed by atoms with Gasteiger partial charge in [0.05, 0.1) is 0 Å². The average molecular weight is 219 g/mol. The molecule has 0 fully saturated rings. The molecule has 0 aliphatic heterocycles. The van der Waals surface area contributed by atoms with Crippen molar-refractivity contribution in [2.24, 2.45) is 14.1 Å². The Bertz CT molecular complexity index is 480. The van der Waals surface area contributed by atoms with Gasteiger partial charge in [-0.05, 0) is 13.8 Å². The fourth-order valence-electron chi connectivity index (χ4n) is 1.62. The van der Waals surface area contributed by atoms with Crippen molar-refractivity contribution < 1.29 is 0 Å². The zero-order valence-corrected chi connectivity index (χ0v) is 10.1. The van der Waals surface area contributed by atoms with Gasteiger partial charge in [0.2, 0.25) is 0 Å². The molecule has 0 atom stereocenters. The Balaban J connectivity index is 2.34. The van der Waals surface area contributed by atoms with Crippen LogP contribution in [0.2, 0.25) is 0 Å². The first-order chi connectivity index (χ1) is 7.58. The summed E-state index contributed by atoms with van der Waals surface area (Å²) in [6, 6.07) is 2.41. The number of rotatable bonds is 3. The van der Waals surface area contributed by atoms with Crippen LogP contribution in [0.15, 0.2) is 18.5 Å². The topological polar surface area (TPSA) is 47.7 Å². The third-order valence-corrected chi connectivity index (χ3v) is 2.37. The van der Waals surface area contributed by atoms with Crippen LogP contribution >= 0.6 is 0 Å². The van der Waals surface area contributed by atoms with E-state index in [0.29, 0.717) is 6.04 Å². The number of nitrogens with zero attached hydrogens (tertiary/aromatic N) is 4. The lowest BCUT2D eigenvalue weighted by molar-refractivity contribution is 0.752. The Kier molecular flexibility index (Phi) is 2.68. The summed E-state index contributed by atoms with van der Waals surface area (Å²) in [6.07, 6.45) is 3.69. The Morgan fingerprint density at radius 3 is 2.62 bits per heavy atom. The highest BCUT2D eigenvalue weighted by Gasteiger charge is 2.10. The summed E-state index contributed by atoms with van der Waals surface area (Å²) in [4.78, 5) is 4.28. The van der Waals surface area contributed by atoms with Crippen LogP contribution in [0.1, 0.15) is 13.8 Å². The molecule has 0 unspecified atom stereocenters. The summed E-state index contributed by atoms with van der Waals surface area (Å²) in [7, 11) is 3.89. The van der Waals surface area contributed by atoms with Crippen molar-refractivity contribution in [3.05, 3.63) is 18.5 Å². The Morgan fingerprint density at radius 2 is 2.06 bits per heavy atom. The molecule has 0 aromatic carbocycles. The first-order valence-corrected chi connectivity index (χ1v) is 5.36. The first-order valence-electron chi connectivity index (χ1n) is 5.36. The van der Waals surface area contributed by atoms with Gasteiger partial charge in [-0.15, -0.1) is 0 Å². The van der Waals surface area contributed by atoms with Crippen LogP contribution in [-0.2, 0) is 14.1 Å². The first kappa shape index (κ1) is 10.7. The highest BCUT2D eigenvalue weighted by Crippen LogP contribution is 2.19. The number of aryl methyl sites for hydroxylation is 2. The number of imidazole rings is 1. The molecule has 0 amide bonds. The van der Waals surface area contributed by atoms with Gasteiger partial charge < -0.3 is 9.88 Å². The van der Waals surface area contributed by atoms with Gasteiger partial charge in [-0.1, -0.05) is 0 Å². The fourth-order valence-corrected chi connectivity index (χ4v) is 1.62. The maximum absolute atomic E-state index is 4.44. The van der Waals surface area contributed by atoms with Gasteiger partial charge in [0.1, 0.15) is 11.5 Å². The average Bonchev–Trinajstić information content (AvgIpc) is 2.73. The molecule has 0 aliphatic carbocycles. The maximum Gasteiger partial charge on any atom is 0.160 e. The van der Waals surface area contributed by atoms with Crippen LogP contribution in [0.5, 0.6) is 0 Å². The Labute approximate surface area is 95.1 Å². The minimum atomic E-state index is 0.393. The Morgan fingerprint density at radius 1 is 1.31 bits per heavy atom. The number of nitrogens with one attached hydrogen (secondary N) is 1. The van der Waals surface area contributed by atoms with Crippen LogP contribution in [-0.4, -0.2) is 25.4 Å². The minimum absolute atomic E-state index is 0.393. The van der Waals surface area contributed by atoms with E-state index < -0.39 is 0 Å². The second-order valence-electron chi connectivity index (χ2n) is 4.20. The zero-order valence-electron chi connectivity index (χ0n) is 10.1. The second kappa shape index (κ2) is 4.00. The van der Waals surface area contributed by atoms with Crippen molar-refractivity contribution in [1.82, 2.24) is 19.3 Å². The van der Waals surface area contributed by atoms with Gasteiger partial charge in [0.25, 0.3) is 0 Å². The van der Waals surface area contributed by atoms with Crippen molar-refractivity contribution in [3.63, 3.8) is 0 Å². The van der Waals surface area contributed by atoms with Gasteiger partial charge in [0.15, 0.2) is 5.82 Å². The molecule has 2 aromatic rings. The quantitative estimate of drug-likeness (QED) is 0.853.